The van der Waals surface area contributed by atoms with Crippen molar-refractivity contribution in [3.05, 3.63) is 46.7 Å². The van der Waals surface area contributed by atoms with Gasteiger partial charge in [0, 0.05) is 24.5 Å². The van der Waals surface area contributed by atoms with Gasteiger partial charge in [-0.15, -0.1) is 11.3 Å². The molecule has 2 heterocycles. The summed E-state index contributed by atoms with van der Waals surface area (Å²) in [4.78, 5) is 37.4. The van der Waals surface area contributed by atoms with Crippen molar-refractivity contribution in [1.29, 1.82) is 0 Å². The number of hydrogen-bond donors (Lipinski definition) is 3. The van der Waals surface area contributed by atoms with Crippen LogP contribution >= 0.6 is 11.3 Å². The van der Waals surface area contributed by atoms with Crippen molar-refractivity contribution in [1.82, 2.24) is 10.6 Å². The molecule has 24 heavy (non-hydrogen) atoms. The number of benzene rings is 1. The Balaban J connectivity index is 1.51. The summed E-state index contributed by atoms with van der Waals surface area (Å²) in [6.07, 6.45) is 0. The molecule has 0 unspecified atom stereocenters. The second-order valence-electron chi connectivity index (χ2n) is 5.14. The number of anilines is 2. The fourth-order valence-corrected chi connectivity index (χ4v) is 2.94. The van der Waals surface area contributed by atoms with Gasteiger partial charge < -0.3 is 16.0 Å². The van der Waals surface area contributed by atoms with Crippen LogP contribution < -0.4 is 20.9 Å². The van der Waals surface area contributed by atoms with Crippen molar-refractivity contribution < 1.29 is 14.4 Å². The van der Waals surface area contributed by atoms with Gasteiger partial charge in [-0.05, 0) is 35.7 Å². The third-order valence-corrected chi connectivity index (χ3v) is 4.34. The molecule has 8 heteroatoms. The van der Waals surface area contributed by atoms with Crippen LogP contribution in [0.25, 0.3) is 0 Å². The summed E-state index contributed by atoms with van der Waals surface area (Å²) in [6.45, 7) is 1.15. The zero-order chi connectivity index (χ0) is 16.9. The highest BCUT2D eigenvalue weighted by Gasteiger charge is 2.20. The van der Waals surface area contributed by atoms with Crippen molar-refractivity contribution >= 4 is 40.6 Å². The number of thiophene rings is 1. The van der Waals surface area contributed by atoms with Gasteiger partial charge in [-0.1, -0.05) is 6.07 Å². The summed E-state index contributed by atoms with van der Waals surface area (Å²) < 4.78 is 0. The Morgan fingerprint density at radius 3 is 2.62 bits per heavy atom. The molecule has 124 valence electrons. The predicted octanol–water partition coefficient (Wildman–Crippen LogP) is 1.65. The van der Waals surface area contributed by atoms with E-state index in [1.54, 1.807) is 46.7 Å². The number of hydrogen-bond acceptors (Lipinski definition) is 4. The molecule has 3 N–H and O–H groups in total. The molecule has 0 spiro atoms. The first kappa shape index (κ1) is 16.0. The zero-order valence-corrected chi connectivity index (χ0v) is 13.6. The SMILES string of the molecule is O=C(CNC(=O)c1cccs1)Nc1ccc(N2CCNC2=O)cc1. The second-order valence-corrected chi connectivity index (χ2v) is 6.09. The summed E-state index contributed by atoms with van der Waals surface area (Å²) >= 11 is 1.32. The normalized spacial score (nSPS) is 13.5. The topological polar surface area (TPSA) is 90.5 Å². The Bertz CT molecular complexity index is 743. The van der Waals surface area contributed by atoms with Crippen LogP contribution in [0.2, 0.25) is 0 Å². The van der Waals surface area contributed by atoms with Crippen LogP contribution in [0.5, 0.6) is 0 Å². The summed E-state index contributed by atoms with van der Waals surface area (Å²) in [5.74, 6) is -0.581. The van der Waals surface area contributed by atoms with Crippen LogP contribution in [-0.4, -0.2) is 37.5 Å². The lowest BCUT2D eigenvalue weighted by atomic mass is 10.2. The molecule has 0 aliphatic carbocycles. The Labute approximate surface area is 142 Å². The van der Waals surface area contributed by atoms with Gasteiger partial charge in [-0.3, -0.25) is 14.5 Å². The highest BCUT2D eigenvalue weighted by atomic mass is 32.1. The third kappa shape index (κ3) is 3.72. The second kappa shape index (κ2) is 7.14. The number of urea groups is 1. The molecule has 0 bridgehead atoms. The van der Waals surface area contributed by atoms with E-state index in [1.807, 2.05) is 0 Å². The number of carbonyl (C=O) groups excluding carboxylic acids is 3. The Morgan fingerprint density at radius 2 is 2.00 bits per heavy atom. The molecular weight excluding hydrogens is 328 g/mol. The van der Waals surface area contributed by atoms with Crippen molar-refractivity contribution in [2.45, 2.75) is 0 Å². The average molecular weight is 344 g/mol. The molecule has 1 saturated heterocycles. The molecule has 1 aliphatic rings. The molecule has 7 nitrogen and oxygen atoms in total. The van der Waals surface area contributed by atoms with E-state index < -0.39 is 0 Å². The smallest absolute Gasteiger partial charge is 0.321 e. The van der Waals surface area contributed by atoms with Gasteiger partial charge in [-0.2, -0.15) is 0 Å². The van der Waals surface area contributed by atoms with Crippen LogP contribution in [-0.2, 0) is 4.79 Å². The maximum absolute atomic E-state index is 11.9. The maximum Gasteiger partial charge on any atom is 0.321 e. The Morgan fingerprint density at radius 1 is 1.21 bits per heavy atom. The van der Waals surface area contributed by atoms with Gasteiger partial charge in [0.05, 0.1) is 11.4 Å². The molecule has 0 radical (unpaired) electrons. The van der Waals surface area contributed by atoms with Crippen LogP contribution in [0.3, 0.4) is 0 Å². The van der Waals surface area contributed by atoms with Crippen LogP contribution in [0, 0.1) is 0 Å². The minimum atomic E-state index is -0.313. The van der Waals surface area contributed by atoms with E-state index in [0.29, 0.717) is 23.7 Å². The average Bonchev–Trinajstić information content (AvgIpc) is 3.25. The van der Waals surface area contributed by atoms with Gasteiger partial charge in [-0.25, -0.2) is 4.79 Å². The first-order valence-corrected chi connectivity index (χ1v) is 8.28. The highest BCUT2D eigenvalue weighted by molar-refractivity contribution is 7.12. The molecule has 0 atom stereocenters. The minimum Gasteiger partial charge on any atom is -0.342 e. The quantitative estimate of drug-likeness (QED) is 0.770. The van der Waals surface area contributed by atoms with Gasteiger partial charge in [0.2, 0.25) is 5.91 Å². The summed E-state index contributed by atoms with van der Waals surface area (Å²) in [5, 5.41) is 9.80. The van der Waals surface area contributed by atoms with Crippen LogP contribution in [0.4, 0.5) is 16.2 Å². The summed E-state index contributed by atoms with van der Waals surface area (Å²) in [7, 11) is 0. The zero-order valence-electron chi connectivity index (χ0n) is 12.7. The molecule has 1 aliphatic heterocycles. The monoisotopic (exact) mass is 344 g/mol. The first-order chi connectivity index (χ1) is 11.6. The lowest BCUT2D eigenvalue weighted by molar-refractivity contribution is -0.115. The van der Waals surface area contributed by atoms with Crippen LogP contribution in [0.1, 0.15) is 9.67 Å². The van der Waals surface area contributed by atoms with Crippen LogP contribution in [0.15, 0.2) is 41.8 Å². The Kier molecular flexibility index (Phi) is 4.76. The summed E-state index contributed by atoms with van der Waals surface area (Å²) in [5.41, 5.74) is 1.38. The van der Waals surface area contributed by atoms with Crippen molar-refractivity contribution in [3.63, 3.8) is 0 Å². The van der Waals surface area contributed by atoms with Gasteiger partial charge >= 0.3 is 6.03 Å². The standard InChI is InChI=1S/C16H16N4O3S/c21-14(10-18-15(22)13-2-1-9-24-13)19-11-3-5-12(6-4-11)20-8-7-17-16(20)23/h1-6,9H,7-8,10H2,(H,17,23)(H,18,22)(H,19,21). The predicted molar refractivity (Wildman–Crippen MR) is 92.5 cm³/mol. The number of rotatable bonds is 5. The van der Waals surface area contributed by atoms with Gasteiger partial charge in [0.15, 0.2) is 0 Å². The highest BCUT2D eigenvalue weighted by Crippen LogP contribution is 2.19. The fraction of sp³-hybridized carbons (Fsp3) is 0.188. The molecule has 2 aromatic rings. The number of amides is 4. The van der Waals surface area contributed by atoms with E-state index in [9.17, 15) is 14.4 Å². The van der Waals surface area contributed by atoms with Crippen molar-refractivity contribution in [2.75, 3.05) is 29.9 Å². The molecule has 4 amide bonds. The van der Waals surface area contributed by atoms with E-state index in [1.165, 1.54) is 11.3 Å². The minimum absolute atomic E-state index is 0.104. The molecular formula is C16H16N4O3S. The van der Waals surface area contributed by atoms with E-state index in [2.05, 4.69) is 16.0 Å². The molecule has 1 aromatic heterocycles. The first-order valence-electron chi connectivity index (χ1n) is 7.40. The van der Waals surface area contributed by atoms with Gasteiger partial charge in [0.25, 0.3) is 5.91 Å². The largest absolute Gasteiger partial charge is 0.342 e. The van der Waals surface area contributed by atoms with Gasteiger partial charge in [0.1, 0.15) is 0 Å². The summed E-state index contributed by atoms with van der Waals surface area (Å²) in [6, 6.07) is 10.3. The number of carbonyl (C=O) groups is 3. The molecule has 3 rings (SSSR count). The van der Waals surface area contributed by atoms with E-state index in [0.717, 1.165) is 5.69 Å². The number of nitrogens with zero attached hydrogens (tertiary/aromatic N) is 1. The van der Waals surface area contributed by atoms with E-state index in [4.69, 9.17) is 0 Å². The molecule has 0 saturated carbocycles. The lowest BCUT2D eigenvalue weighted by Gasteiger charge is -2.14. The fourth-order valence-electron chi connectivity index (χ4n) is 2.30. The lowest BCUT2D eigenvalue weighted by Crippen LogP contribution is -2.32. The van der Waals surface area contributed by atoms with Crippen molar-refractivity contribution in [2.24, 2.45) is 0 Å². The molecule has 1 fully saturated rings. The van der Waals surface area contributed by atoms with E-state index >= 15 is 0 Å². The maximum atomic E-state index is 11.9. The third-order valence-electron chi connectivity index (χ3n) is 3.47. The molecule has 1 aromatic carbocycles. The van der Waals surface area contributed by atoms with E-state index in [-0.39, 0.29) is 24.4 Å². The van der Waals surface area contributed by atoms with Crippen molar-refractivity contribution in [3.8, 4) is 0 Å². The number of nitrogens with one attached hydrogen (secondary N) is 3. The Hall–Kier alpha value is -2.87.